The van der Waals surface area contributed by atoms with Crippen LogP contribution in [0.15, 0.2) is 12.1 Å². The van der Waals surface area contributed by atoms with Crippen molar-refractivity contribution >= 4 is 17.4 Å². The zero-order valence-corrected chi connectivity index (χ0v) is 16.5. The number of aromatic nitrogens is 4. The highest BCUT2D eigenvalue weighted by molar-refractivity contribution is 5.76. The van der Waals surface area contributed by atoms with Gasteiger partial charge < -0.3 is 24.0 Å². The summed E-state index contributed by atoms with van der Waals surface area (Å²) in [5.74, 6) is 1.31. The Morgan fingerprint density at radius 3 is 2.52 bits per heavy atom. The van der Waals surface area contributed by atoms with Gasteiger partial charge in [-0.05, 0) is 12.1 Å². The van der Waals surface area contributed by atoms with Crippen molar-refractivity contribution < 1.29 is 19.0 Å². The number of anilines is 1. The molecule has 3 fully saturated rings. The van der Waals surface area contributed by atoms with Crippen LogP contribution in [0.4, 0.5) is 5.82 Å². The first kappa shape index (κ1) is 18.7. The maximum Gasteiger partial charge on any atom is 0.223 e. The number of hydrogen-bond acceptors (Lipinski definition) is 8. The molecule has 2 aromatic rings. The van der Waals surface area contributed by atoms with Crippen molar-refractivity contribution in [3.63, 3.8) is 0 Å². The van der Waals surface area contributed by atoms with Gasteiger partial charge in [-0.1, -0.05) is 0 Å². The summed E-state index contributed by atoms with van der Waals surface area (Å²) in [6.07, 6.45) is 2.57. The Morgan fingerprint density at radius 1 is 1.00 bits per heavy atom. The SMILES string of the molecule is O=C(CCc1nnc2ccc(N3CCC4(CC3)OCCO4)nn12)N1CCOCC1. The number of ether oxygens (including phenoxy) is 3. The number of fused-ring (bicyclic) bond motifs is 1. The number of piperidine rings is 1. The van der Waals surface area contributed by atoms with Crippen molar-refractivity contribution in [2.24, 2.45) is 0 Å². The van der Waals surface area contributed by atoms with Crippen molar-refractivity contribution in [3.05, 3.63) is 18.0 Å². The topological polar surface area (TPSA) is 94.3 Å². The van der Waals surface area contributed by atoms with Gasteiger partial charge in [-0.2, -0.15) is 4.52 Å². The smallest absolute Gasteiger partial charge is 0.223 e. The highest BCUT2D eigenvalue weighted by atomic mass is 16.7. The molecule has 0 aromatic carbocycles. The first-order valence-corrected chi connectivity index (χ1v) is 10.3. The van der Waals surface area contributed by atoms with E-state index >= 15 is 0 Å². The summed E-state index contributed by atoms with van der Waals surface area (Å²) >= 11 is 0. The first-order chi connectivity index (χ1) is 14.2. The molecule has 3 saturated heterocycles. The lowest BCUT2D eigenvalue weighted by Crippen LogP contribution is -2.45. The fourth-order valence-electron chi connectivity index (χ4n) is 4.20. The van der Waals surface area contributed by atoms with Crippen LogP contribution in [0, 0.1) is 0 Å². The van der Waals surface area contributed by atoms with Gasteiger partial charge in [-0.25, -0.2) is 0 Å². The predicted octanol–water partition coefficient (Wildman–Crippen LogP) is 0.259. The minimum absolute atomic E-state index is 0.124. The fourth-order valence-corrected chi connectivity index (χ4v) is 4.20. The number of rotatable bonds is 4. The second kappa shape index (κ2) is 7.85. The Kier molecular flexibility index (Phi) is 5.06. The molecule has 0 radical (unpaired) electrons. The highest BCUT2D eigenvalue weighted by Gasteiger charge is 2.40. The lowest BCUT2D eigenvalue weighted by molar-refractivity contribution is -0.169. The minimum atomic E-state index is -0.401. The van der Waals surface area contributed by atoms with E-state index in [0.29, 0.717) is 63.8 Å². The molecule has 3 aliphatic rings. The summed E-state index contributed by atoms with van der Waals surface area (Å²) in [6, 6.07) is 3.90. The van der Waals surface area contributed by atoms with E-state index in [1.54, 1.807) is 4.52 Å². The van der Waals surface area contributed by atoms with Crippen LogP contribution >= 0.6 is 0 Å². The third kappa shape index (κ3) is 3.79. The monoisotopic (exact) mass is 402 g/mol. The number of amides is 1. The van der Waals surface area contributed by atoms with Crippen LogP contribution in [0.3, 0.4) is 0 Å². The Balaban J connectivity index is 1.26. The molecule has 1 amide bonds. The van der Waals surface area contributed by atoms with Gasteiger partial charge in [-0.3, -0.25) is 4.79 Å². The standard InChI is InChI=1S/C19H26N6O4/c26-18(24-9-11-27-12-10-24)4-3-16-21-20-15-1-2-17(22-25(15)16)23-7-5-19(6-8-23)28-13-14-29-19/h1-2H,3-14H2. The molecule has 5 heterocycles. The number of carbonyl (C=O) groups excluding carboxylic acids is 1. The number of nitrogens with zero attached hydrogens (tertiary/aromatic N) is 6. The normalized spacial score (nSPS) is 21.9. The Hall–Kier alpha value is -2.30. The van der Waals surface area contributed by atoms with E-state index in [-0.39, 0.29) is 5.91 Å². The molecule has 3 aliphatic heterocycles. The molecular weight excluding hydrogens is 376 g/mol. The zero-order chi connectivity index (χ0) is 19.7. The molecule has 0 unspecified atom stereocenters. The van der Waals surface area contributed by atoms with Crippen LogP contribution in [0.25, 0.3) is 5.65 Å². The molecule has 0 atom stereocenters. The van der Waals surface area contributed by atoms with Gasteiger partial charge in [0.15, 0.2) is 17.3 Å². The summed E-state index contributed by atoms with van der Waals surface area (Å²) in [4.78, 5) is 16.5. The van der Waals surface area contributed by atoms with Gasteiger partial charge in [0, 0.05) is 51.9 Å². The lowest BCUT2D eigenvalue weighted by atomic mass is 10.0. The van der Waals surface area contributed by atoms with E-state index < -0.39 is 5.79 Å². The van der Waals surface area contributed by atoms with Gasteiger partial charge in [0.25, 0.3) is 0 Å². The van der Waals surface area contributed by atoms with Gasteiger partial charge >= 0.3 is 0 Å². The fraction of sp³-hybridized carbons (Fsp3) is 0.684. The third-order valence-corrected chi connectivity index (χ3v) is 5.90. The quantitative estimate of drug-likeness (QED) is 0.719. The Bertz CT molecular complexity index is 865. The summed E-state index contributed by atoms with van der Waals surface area (Å²) in [6.45, 7) is 5.54. The molecular formula is C19H26N6O4. The minimum Gasteiger partial charge on any atom is -0.378 e. The molecule has 0 saturated carbocycles. The van der Waals surface area contributed by atoms with E-state index in [9.17, 15) is 4.79 Å². The molecule has 0 N–H and O–H groups in total. The Labute approximate surface area is 168 Å². The van der Waals surface area contributed by atoms with Crippen molar-refractivity contribution in [3.8, 4) is 0 Å². The van der Waals surface area contributed by atoms with Gasteiger partial charge in [0.05, 0.1) is 26.4 Å². The second-order valence-electron chi connectivity index (χ2n) is 7.67. The Morgan fingerprint density at radius 2 is 1.76 bits per heavy atom. The van der Waals surface area contributed by atoms with Gasteiger partial charge in [-0.15, -0.1) is 15.3 Å². The van der Waals surface area contributed by atoms with Crippen LogP contribution in [0.1, 0.15) is 25.1 Å². The van der Waals surface area contributed by atoms with E-state index in [2.05, 4.69) is 15.1 Å². The van der Waals surface area contributed by atoms with E-state index in [0.717, 1.165) is 31.7 Å². The maximum atomic E-state index is 12.4. The molecule has 1 spiro atoms. The zero-order valence-electron chi connectivity index (χ0n) is 16.5. The molecule has 29 heavy (non-hydrogen) atoms. The molecule has 10 nitrogen and oxygen atoms in total. The largest absolute Gasteiger partial charge is 0.378 e. The molecule has 5 rings (SSSR count). The number of carbonyl (C=O) groups is 1. The molecule has 0 aliphatic carbocycles. The predicted molar refractivity (Wildman–Crippen MR) is 103 cm³/mol. The summed E-state index contributed by atoms with van der Waals surface area (Å²) in [5, 5.41) is 13.2. The van der Waals surface area contributed by atoms with Crippen molar-refractivity contribution in [1.82, 2.24) is 24.7 Å². The maximum absolute atomic E-state index is 12.4. The van der Waals surface area contributed by atoms with Crippen LogP contribution in [-0.4, -0.2) is 89.0 Å². The summed E-state index contributed by atoms with van der Waals surface area (Å²) in [5.41, 5.74) is 0.693. The molecule has 0 bridgehead atoms. The lowest BCUT2D eigenvalue weighted by Gasteiger charge is -2.38. The van der Waals surface area contributed by atoms with Crippen molar-refractivity contribution in [2.45, 2.75) is 31.5 Å². The molecule has 10 heteroatoms. The number of morpholine rings is 1. The number of aryl methyl sites for hydroxylation is 1. The third-order valence-electron chi connectivity index (χ3n) is 5.90. The van der Waals surface area contributed by atoms with Gasteiger partial charge in [0.2, 0.25) is 5.91 Å². The average Bonchev–Trinajstić information content (AvgIpc) is 3.40. The number of hydrogen-bond donors (Lipinski definition) is 0. The highest BCUT2D eigenvalue weighted by Crippen LogP contribution is 2.32. The van der Waals surface area contributed by atoms with Crippen LogP contribution in [-0.2, 0) is 25.4 Å². The van der Waals surface area contributed by atoms with Gasteiger partial charge in [0.1, 0.15) is 5.82 Å². The summed E-state index contributed by atoms with van der Waals surface area (Å²) < 4.78 is 18.7. The first-order valence-electron chi connectivity index (χ1n) is 10.3. The second-order valence-corrected chi connectivity index (χ2v) is 7.67. The average molecular weight is 402 g/mol. The van der Waals surface area contributed by atoms with Crippen molar-refractivity contribution in [2.75, 3.05) is 57.5 Å². The summed E-state index contributed by atoms with van der Waals surface area (Å²) in [7, 11) is 0. The van der Waals surface area contributed by atoms with Crippen LogP contribution < -0.4 is 4.90 Å². The molecule has 156 valence electrons. The van der Waals surface area contributed by atoms with Crippen molar-refractivity contribution in [1.29, 1.82) is 0 Å². The van der Waals surface area contributed by atoms with Crippen LogP contribution in [0.5, 0.6) is 0 Å². The van der Waals surface area contributed by atoms with E-state index in [1.165, 1.54) is 0 Å². The molecule has 2 aromatic heterocycles. The van der Waals surface area contributed by atoms with E-state index in [4.69, 9.17) is 19.3 Å². The van der Waals surface area contributed by atoms with E-state index in [1.807, 2.05) is 17.0 Å². The van der Waals surface area contributed by atoms with Crippen LogP contribution in [0.2, 0.25) is 0 Å².